The van der Waals surface area contributed by atoms with E-state index in [2.05, 4.69) is 30.6 Å². The molecule has 1 aromatic rings. The zero-order valence-electron chi connectivity index (χ0n) is 13.6. The molecule has 22 heavy (non-hydrogen) atoms. The maximum Gasteiger partial charge on any atom is 0.241 e. The lowest BCUT2D eigenvalue weighted by Gasteiger charge is -2.65. The van der Waals surface area contributed by atoms with Gasteiger partial charge in [0.2, 0.25) is 5.91 Å². The molecule has 2 aliphatic rings. The second-order valence-corrected chi connectivity index (χ2v) is 8.32. The Labute approximate surface area is 136 Å². The number of hydrogen-bond donors (Lipinski definition) is 2. The molecule has 4 unspecified atom stereocenters. The van der Waals surface area contributed by atoms with Gasteiger partial charge in [0.1, 0.15) is 5.54 Å². The molecular formula is C17H26N2O2S. The van der Waals surface area contributed by atoms with Gasteiger partial charge in [0, 0.05) is 35.3 Å². The fourth-order valence-electron chi connectivity index (χ4n) is 4.16. The van der Waals surface area contributed by atoms with E-state index in [1.165, 1.54) is 4.88 Å². The van der Waals surface area contributed by atoms with Gasteiger partial charge in [-0.3, -0.25) is 4.79 Å². The van der Waals surface area contributed by atoms with Crippen molar-refractivity contribution in [3.8, 4) is 0 Å². The molecule has 0 aromatic carbocycles. The molecule has 1 saturated carbocycles. The number of carbonyl (C=O) groups is 1. The Morgan fingerprint density at radius 1 is 1.59 bits per heavy atom. The van der Waals surface area contributed by atoms with Crippen LogP contribution >= 0.6 is 11.3 Å². The van der Waals surface area contributed by atoms with Gasteiger partial charge in [-0.25, -0.2) is 0 Å². The van der Waals surface area contributed by atoms with E-state index in [-0.39, 0.29) is 29.4 Å². The highest BCUT2D eigenvalue weighted by Crippen LogP contribution is 2.57. The maximum absolute atomic E-state index is 12.9. The third-order valence-electron chi connectivity index (χ3n) is 5.53. The van der Waals surface area contributed by atoms with Crippen molar-refractivity contribution in [3.63, 3.8) is 0 Å². The topological polar surface area (TPSA) is 64.4 Å². The van der Waals surface area contributed by atoms with E-state index in [1.807, 2.05) is 13.0 Å². The van der Waals surface area contributed by atoms with Crippen molar-refractivity contribution in [2.75, 3.05) is 6.61 Å². The Morgan fingerprint density at radius 3 is 3.05 bits per heavy atom. The molecule has 5 heteroatoms. The van der Waals surface area contributed by atoms with Gasteiger partial charge in [0.25, 0.3) is 0 Å². The number of hydrogen-bond acceptors (Lipinski definition) is 4. The Balaban J connectivity index is 1.68. The first-order valence-corrected chi connectivity index (χ1v) is 8.99. The highest BCUT2D eigenvalue weighted by atomic mass is 32.1. The zero-order chi connectivity index (χ0) is 16.0. The predicted molar refractivity (Wildman–Crippen MR) is 88.8 cm³/mol. The van der Waals surface area contributed by atoms with Gasteiger partial charge >= 0.3 is 0 Å². The molecule has 1 amide bonds. The second kappa shape index (κ2) is 5.62. The minimum absolute atomic E-state index is 0.0201. The highest BCUT2D eigenvalue weighted by molar-refractivity contribution is 7.09. The van der Waals surface area contributed by atoms with Crippen molar-refractivity contribution < 1.29 is 9.53 Å². The van der Waals surface area contributed by atoms with Crippen LogP contribution in [0.25, 0.3) is 0 Å². The zero-order valence-corrected chi connectivity index (χ0v) is 14.4. The molecule has 2 heterocycles. The molecule has 3 N–H and O–H groups in total. The minimum Gasteiger partial charge on any atom is -0.377 e. The van der Waals surface area contributed by atoms with Crippen LogP contribution in [0.4, 0.5) is 0 Å². The molecule has 4 atom stereocenters. The lowest BCUT2D eigenvalue weighted by atomic mass is 9.46. The summed E-state index contributed by atoms with van der Waals surface area (Å²) in [6, 6.07) is 4.23. The predicted octanol–water partition coefficient (Wildman–Crippen LogP) is 2.33. The minimum atomic E-state index is -0.818. The number of carbonyl (C=O) groups excluding carboxylic acids is 1. The number of fused-ring (bicyclic) bond motifs is 1. The Hall–Kier alpha value is -0.910. The quantitative estimate of drug-likeness (QED) is 0.894. The molecular weight excluding hydrogens is 296 g/mol. The number of nitrogens with one attached hydrogen (secondary N) is 1. The van der Waals surface area contributed by atoms with Crippen LogP contribution in [-0.4, -0.2) is 30.2 Å². The van der Waals surface area contributed by atoms with Gasteiger partial charge in [0.05, 0.1) is 6.10 Å². The number of amides is 1. The average Bonchev–Trinajstić information content (AvgIpc) is 2.98. The van der Waals surface area contributed by atoms with Crippen LogP contribution < -0.4 is 11.1 Å². The van der Waals surface area contributed by atoms with Gasteiger partial charge in [-0.05, 0) is 31.2 Å². The Bertz CT molecular complexity index is 543. The van der Waals surface area contributed by atoms with E-state index in [1.54, 1.807) is 11.3 Å². The lowest BCUT2D eigenvalue weighted by Crippen LogP contribution is -2.82. The number of thiophene rings is 1. The summed E-state index contributed by atoms with van der Waals surface area (Å²) in [6.45, 7) is 6.95. The average molecular weight is 322 g/mol. The van der Waals surface area contributed by atoms with Gasteiger partial charge in [-0.2, -0.15) is 0 Å². The summed E-state index contributed by atoms with van der Waals surface area (Å²) in [5, 5.41) is 5.20. The molecule has 2 fully saturated rings. The van der Waals surface area contributed by atoms with E-state index in [9.17, 15) is 4.79 Å². The maximum atomic E-state index is 12.9. The van der Waals surface area contributed by atoms with Crippen LogP contribution in [-0.2, 0) is 16.0 Å². The normalized spacial score (nSPS) is 34.4. The molecule has 3 rings (SSSR count). The summed E-state index contributed by atoms with van der Waals surface area (Å²) in [5.41, 5.74) is 5.48. The molecule has 1 aliphatic heterocycles. The number of ether oxygens (including phenoxy) is 1. The molecule has 1 saturated heterocycles. The third-order valence-corrected chi connectivity index (χ3v) is 6.42. The fraction of sp³-hybridized carbons (Fsp3) is 0.706. The van der Waals surface area contributed by atoms with Crippen LogP contribution in [0.5, 0.6) is 0 Å². The van der Waals surface area contributed by atoms with E-state index in [0.29, 0.717) is 0 Å². The van der Waals surface area contributed by atoms with Crippen molar-refractivity contribution in [2.24, 2.45) is 17.1 Å². The number of rotatable bonds is 4. The molecule has 122 valence electrons. The summed E-state index contributed by atoms with van der Waals surface area (Å²) >= 11 is 1.72. The number of nitrogens with two attached hydrogens (primary N) is 1. The van der Waals surface area contributed by atoms with Gasteiger partial charge in [0.15, 0.2) is 0 Å². The molecule has 1 aromatic heterocycles. The summed E-state index contributed by atoms with van der Waals surface area (Å²) in [6.07, 6.45) is 2.94. The lowest BCUT2D eigenvalue weighted by molar-refractivity contribution is -0.225. The van der Waals surface area contributed by atoms with Crippen LogP contribution in [0.2, 0.25) is 0 Å². The van der Waals surface area contributed by atoms with E-state index in [4.69, 9.17) is 10.5 Å². The first-order chi connectivity index (χ1) is 10.4. The van der Waals surface area contributed by atoms with Crippen LogP contribution in [0.1, 0.15) is 38.5 Å². The van der Waals surface area contributed by atoms with Crippen molar-refractivity contribution in [1.82, 2.24) is 5.32 Å². The summed E-state index contributed by atoms with van der Waals surface area (Å²) in [5.74, 6) is 0.124. The van der Waals surface area contributed by atoms with E-state index < -0.39 is 5.54 Å². The smallest absolute Gasteiger partial charge is 0.241 e. The van der Waals surface area contributed by atoms with Crippen molar-refractivity contribution in [1.29, 1.82) is 0 Å². The standard InChI is InChI=1S/C17H26N2O2S/c1-11(10-12-6-5-9-22-12)19-15(20)17(18)13-7-4-8-21-14(13)16(17,2)3/h5-6,9,11,13-14H,4,7-8,10,18H2,1-3H3,(H,19,20). The van der Waals surface area contributed by atoms with Crippen LogP contribution in [0.15, 0.2) is 17.5 Å². The monoisotopic (exact) mass is 322 g/mol. The summed E-state index contributed by atoms with van der Waals surface area (Å²) in [7, 11) is 0. The SMILES string of the molecule is CC(Cc1cccs1)NC(=O)C1(N)C2CCCOC2C1(C)C. The first kappa shape index (κ1) is 16.0. The van der Waals surface area contributed by atoms with Crippen molar-refractivity contribution in [3.05, 3.63) is 22.4 Å². The van der Waals surface area contributed by atoms with Gasteiger partial charge in [-0.1, -0.05) is 19.9 Å². The summed E-state index contributed by atoms with van der Waals surface area (Å²) < 4.78 is 5.87. The van der Waals surface area contributed by atoms with E-state index in [0.717, 1.165) is 25.9 Å². The Kier molecular flexibility index (Phi) is 4.08. The second-order valence-electron chi connectivity index (χ2n) is 7.29. The van der Waals surface area contributed by atoms with Crippen LogP contribution in [0.3, 0.4) is 0 Å². The molecule has 0 bridgehead atoms. The summed E-state index contributed by atoms with van der Waals surface area (Å²) in [4.78, 5) is 14.2. The van der Waals surface area contributed by atoms with Gasteiger partial charge < -0.3 is 15.8 Å². The molecule has 1 aliphatic carbocycles. The molecule has 0 radical (unpaired) electrons. The largest absolute Gasteiger partial charge is 0.377 e. The Morgan fingerprint density at radius 2 is 2.36 bits per heavy atom. The van der Waals surface area contributed by atoms with Crippen molar-refractivity contribution in [2.45, 2.75) is 57.7 Å². The fourth-order valence-corrected chi connectivity index (χ4v) is 5.00. The van der Waals surface area contributed by atoms with Crippen LogP contribution in [0, 0.1) is 11.3 Å². The molecule has 4 nitrogen and oxygen atoms in total. The van der Waals surface area contributed by atoms with E-state index >= 15 is 0 Å². The third kappa shape index (κ3) is 2.30. The molecule has 0 spiro atoms. The van der Waals surface area contributed by atoms with Gasteiger partial charge in [-0.15, -0.1) is 11.3 Å². The van der Waals surface area contributed by atoms with Crippen molar-refractivity contribution >= 4 is 17.2 Å². The first-order valence-electron chi connectivity index (χ1n) is 8.11. The highest BCUT2D eigenvalue weighted by Gasteiger charge is 2.70.